The SMILES string of the molecule is Nc1ccc(Cl)cc1Nc1c(F)cc(F)cc1F. The molecule has 0 amide bonds. The smallest absolute Gasteiger partial charge is 0.152 e. The van der Waals surface area contributed by atoms with Gasteiger partial charge in [-0.2, -0.15) is 0 Å². The second-order valence-electron chi connectivity index (χ2n) is 3.60. The summed E-state index contributed by atoms with van der Waals surface area (Å²) >= 11 is 5.74. The molecule has 0 fully saturated rings. The molecule has 2 nitrogen and oxygen atoms in total. The lowest BCUT2D eigenvalue weighted by molar-refractivity contribution is 0.549. The van der Waals surface area contributed by atoms with Crippen LogP contribution in [0.15, 0.2) is 30.3 Å². The Morgan fingerprint density at radius 3 is 2.22 bits per heavy atom. The Morgan fingerprint density at radius 1 is 1.00 bits per heavy atom. The van der Waals surface area contributed by atoms with Crippen molar-refractivity contribution >= 4 is 28.7 Å². The molecule has 6 heteroatoms. The molecule has 0 saturated heterocycles. The van der Waals surface area contributed by atoms with Crippen LogP contribution in [0.3, 0.4) is 0 Å². The average Bonchev–Trinajstić information content (AvgIpc) is 2.28. The largest absolute Gasteiger partial charge is 0.397 e. The second kappa shape index (κ2) is 4.78. The number of hydrogen-bond acceptors (Lipinski definition) is 2. The Bertz CT molecular complexity index is 579. The normalized spacial score (nSPS) is 10.4. The van der Waals surface area contributed by atoms with Crippen molar-refractivity contribution in [3.63, 3.8) is 0 Å². The van der Waals surface area contributed by atoms with Gasteiger partial charge in [-0.3, -0.25) is 0 Å². The van der Waals surface area contributed by atoms with Gasteiger partial charge in [0.2, 0.25) is 0 Å². The predicted molar refractivity (Wildman–Crippen MR) is 65.5 cm³/mol. The maximum absolute atomic E-state index is 13.4. The molecule has 94 valence electrons. The number of hydrogen-bond donors (Lipinski definition) is 2. The van der Waals surface area contributed by atoms with Crippen LogP contribution in [0.5, 0.6) is 0 Å². The van der Waals surface area contributed by atoms with Gasteiger partial charge in [-0.05, 0) is 18.2 Å². The van der Waals surface area contributed by atoms with Crippen LogP contribution in [0.1, 0.15) is 0 Å². The summed E-state index contributed by atoms with van der Waals surface area (Å²) in [5, 5.41) is 2.81. The molecule has 0 aliphatic heterocycles. The summed E-state index contributed by atoms with van der Waals surface area (Å²) in [6, 6.07) is 5.60. The highest BCUT2D eigenvalue weighted by atomic mass is 35.5. The molecular formula is C12H8ClF3N2. The summed E-state index contributed by atoms with van der Waals surface area (Å²) in [5.74, 6) is -3.09. The predicted octanol–water partition coefficient (Wildman–Crippen LogP) is 4.08. The Kier molecular flexibility index (Phi) is 3.34. The molecule has 2 rings (SSSR count). The van der Waals surface area contributed by atoms with Crippen LogP contribution >= 0.6 is 11.6 Å². The average molecular weight is 273 g/mol. The van der Waals surface area contributed by atoms with Crippen molar-refractivity contribution in [1.82, 2.24) is 0 Å². The van der Waals surface area contributed by atoms with E-state index in [1.165, 1.54) is 12.1 Å². The molecule has 0 atom stereocenters. The van der Waals surface area contributed by atoms with Gasteiger partial charge in [0.1, 0.15) is 11.5 Å². The standard InChI is InChI=1S/C12H8ClF3N2/c13-6-1-2-10(17)11(3-6)18-12-8(15)4-7(14)5-9(12)16/h1-5,18H,17H2. The van der Waals surface area contributed by atoms with Crippen molar-refractivity contribution in [2.45, 2.75) is 0 Å². The summed E-state index contributed by atoms with van der Waals surface area (Å²) in [6.45, 7) is 0. The van der Waals surface area contributed by atoms with E-state index in [-0.39, 0.29) is 11.4 Å². The van der Waals surface area contributed by atoms with Gasteiger partial charge in [0.05, 0.1) is 11.4 Å². The first-order chi connectivity index (χ1) is 8.47. The van der Waals surface area contributed by atoms with E-state index >= 15 is 0 Å². The van der Waals surface area contributed by atoms with Crippen LogP contribution in [0.25, 0.3) is 0 Å². The fourth-order valence-electron chi connectivity index (χ4n) is 1.43. The van der Waals surface area contributed by atoms with Gasteiger partial charge >= 0.3 is 0 Å². The van der Waals surface area contributed by atoms with Crippen LogP contribution < -0.4 is 11.1 Å². The topological polar surface area (TPSA) is 38.0 Å². The van der Waals surface area contributed by atoms with Gasteiger partial charge in [-0.15, -0.1) is 0 Å². The minimum absolute atomic E-state index is 0.243. The number of nitrogens with one attached hydrogen (secondary N) is 1. The van der Waals surface area contributed by atoms with Crippen LogP contribution in [0.2, 0.25) is 5.02 Å². The van der Waals surface area contributed by atoms with E-state index in [2.05, 4.69) is 5.32 Å². The highest BCUT2D eigenvalue weighted by Crippen LogP contribution is 2.29. The molecule has 0 radical (unpaired) electrons. The number of nitrogens with two attached hydrogens (primary N) is 1. The fourth-order valence-corrected chi connectivity index (χ4v) is 1.61. The van der Waals surface area contributed by atoms with E-state index in [9.17, 15) is 13.2 Å². The van der Waals surface area contributed by atoms with Crippen LogP contribution in [0, 0.1) is 17.5 Å². The summed E-state index contributed by atoms with van der Waals surface area (Å²) in [6.07, 6.45) is 0. The third-order valence-corrected chi connectivity index (χ3v) is 2.52. The number of rotatable bonds is 2. The fraction of sp³-hybridized carbons (Fsp3) is 0. The Balaban J connectivity index is 2.43. The van der Waals surface area contributed by atoms with E-state index in [4.69, 9.17) is 17.3 Å². The van der Waals surface area contributed by atoms with E-state index in [0.29, 0.717) is 17.2 Å². The Labute approximate surface area is 106 Å². The summed E-state index contributed by atoms with van der Waals surface area (Å²) in [5.41, 5.74) is 5.65. The molecule has 0 aromatic heterocycles. The molecule has 3 N–H and O–H groups in total. The quantitative estimate of drug-likeness (QED) is 0.808. The third-order valence-electron chi connectivity index (χ3n) is 2.28. The first-order valence-corrected chi connectivity index (χ1v) is 5.32. The van der Waals surface area contributed by atoms with E-state index < -0.39 is 23.1 Å². The maximum atomic E-state index is 13.4. The van der Waals surface area contributed by atoms with Gasteiger partial charge in [-0.1, -0.05) is 11.6 Å². The number of anilines is 3. The lowest BCUT2D eigenvalue weighted by Gasteiger charge is -2.11. The zero-order valence-corrected chi connectivity index (χ0v) is 9.73. The van der Waals surface area contributed by atoms with Gasteiger partial charge < -0.3 is 11.1 Å². The van der Waals surface area contributed by atoms with Gasteiger partial charge in [0.15, 0.2) is 11.6 Å². The summed E-state index contributed by atoms with van der Waals surface area (Å²) in [4.78, 5) is 0. The van der Waals surface area contributed by atoms with Crippen LogP contribution in [-0.4, -0.2) is 0 Å². The zero-order valence-electron chi connectivity index (χ0n) is 8.98. The molecule has 0 aliphatic carbocycles. The molecule has 0 aliphatic rings. The first kappa shape index (κ1) is 12.6. The van der Waals surface area contributed by atoms with Crippen LogP contribution in [-0.2, 0) is 0 Å². The minimum Gasteiger partial charge on any atom is -0.397 e. The van der Waals surface area contributed by atoms with Crippen molar-refractivity contribution in [1.29, 1.82) is 0 Å². The van der Waals surface area contributed by atoms with Crippen molar-refractivity contribution in [3.05, 3.63) is 52.8 Å². The molecule has 2 aromatic carbocycles. The van der Waals surface area contributed by atoms with E-state index in [1.54, 1.807) is 6.07 Å². The highest BCUT2D eigenvalue weighted by Gasteiger charge is 2.12. The van der Waals surface area contributed by atoms with E-state index in [1.807, 2.05) is 0 Å². The highest BCUT2D eigenvalue weighted by molar-refractivity contribution is 6.31. The van der Waals surface area contributed by atoms with Gasteiger partial charge in [0.25, 0.3) is 0 Å². The molecule has 0 bridgehead atoms. The Hall–Kier alpha value is -1.88. The van der Waals surface area contributed by atoms with Crippen molar-refractivity contribution in [2.24, 2.45) is 0 Å². The van der Waals surface area contributed by atoms with Crippen molar-refractivity contribution < 1.29 is 13.2 Å². The lowest BCUT2D eigenvalue weighted by atomic mass is 10.2. The van der Waals surface area contributed by atoms with E-state index in [0.717, 1.165) is 0 Å². The van der Waals surface area contributed by atoms with Gasteiger partial charge in [-0.25, -0.2) is 13.2 Å². The Morgan fingerprint density at radius 2 is 1.61 bits per heavy atom. The third kappa shape index (κ3) is 2.51. The second-order valence-corrected chi connectivity index (χ2v) is 4.04. The lowest BCUT2D eigenvalue weighted by Crippen LogP contribution is -2.01. The molecule has 18 heavy (non-hydrogen) atoms. The van der Waals surface area contributed by atoms with Crippen molar-refractivity contribution in [2.75, 3.05) is 11.1 Å². The molecule has 0 saturated carbocycles. The van der Waals surface area contributed by atoms with Gasteiger partial charge in [0, 0.05) is 17.2 Å². The molecular weight excluding hydrogens is 265 g/mol. The molecule has 0 spiro atoms. The number of halogens is 4. The minimum atomic E-state index is -1.05. The van der Waals surface area contributed by atoms with Crippen LogP contribution in [0.4, 0.5) is 30.2 Å². The molecule has 0 heterocycles. The first-order valence-electron chi connectivity index (χ1n) is 4.94. The maximum Gasteiger partial charge on any atom is 0.152 e. The molecule has 0 unspecified atom stereocenters. The van der Waals surface area contributed by atoms with Crippen molar-refractivity contribution in [3.8, 4) is 0 Å². The molecule has 2 aromatic rings. The monoisotopic (exact) mass is 272 g/mol. The summed E-state index contributed by atoms with van der Waals surface area (Å²) in [7, 11) is 0. The zero-order chi connectivity index (χ0) is 13.3. The number of nitrogen functional groups attached to an aromatic ring is 1. The summed E-state index contributed by atoms with van der Waals surface area (Å²) < 4.78 is 39.6. The number of benzene rings is 2.